The summed E-state index contributed by atoms with van der Waals surface area (Å²) in [5.74, 6) is 2.63. The first-order chi connectivity index (χ1) is 13.8. The van der Waals surface area contributed by atoms with Gasteiger partial charge in [-0.2, -0.15) is 0 Å². The van der Waals surface area contributed by atoms with Crippen molar-refractivity contribution in [2.75, 3.05) is 45.7 Å². The highest BCUT2D eigenvalue weighted by Gasteiger charge is 2.17. The lowest BCUT2D eigenvalue weighted by molar-refractivity contribution is 0.0410. The molecule has 2 aromatic carbocycles. The highest BCUT2D eigenvalue weighted by molar-refractivity contribution is 7.99. The molecule has 1 aromatic heterocycles. The van der Waals surface area contributed by atoms with Gasteiger partial charge in [0.05, 0.1) is 20.3 Å². The summed E-state index contributed by atoms with van der Waals surface area (Å²) in [7, 11) is 1.67. The Balaban J connectivity index is 1.58. The standard InChI is InChI=1S/C21H24N4O2S/c1-26-19-9-7-17(8-10-19)20-22-23-21(25(20)18-5-3-2-4-6-18)28-16-13-24-11-14-27-15-12-24/h2-10H,11-16H2,1H3. The maximum atomic E-state index is 5.43. The highest BCUT2D eigenvalue weighted by atomic mass is 32.2. The first kappa shape index (κ1) is 19.0. The molecule has 0 saturated carbocycles. The van der Waals surface area contributed by atoms with Gasteiger partial charge in [-0.15, -0.1) is 10.2 Å². The van der Waals surface area contributed by atoms with Crippen LogP contribution in [0.3, 0.4) is 0 Å². The van der Waals surface area contributed by atoms with Gasteiger partial charge >= 0.3 is 0 Å². The molecule has 1 aliphatic rings. The summed E-state index contributed by atoms with van der Waals surface area (Å²) in [6.45, 7) is 4.68. The van der Waals surface area contributed by atoms with Crippen LogP contribution in [0, 0.1) is 0 Å². The van der Waals surface area contributed by atoms with E-state index in [0.717, 1.165) is 66.6 Å². The van der Waals surface area contributed by atoms with Crippen LogP contribution in [0.1, 0.15) is 0 Å². The van der Waals surface area contributed by atoms with Crippen molar-refractivity contribution in [2.24, 2.45) is 0 Å². The van der Waals surface area contributed by atoms with Gasteiger partial charge in [0, 0.05) is 36.6 Å². The number of nitrogens with zero attached hydrogens (tertiary/aromatic N) is 4. The van der Waals surface area contributed by atoms with E-state index in [-0.39, 0.29) is 0 Å². The zero-order valence-corrected chi connectivity index (χ0v) is 16.8. The molecule has 28 heavy (non-hydrogen) atoms. The van der Waals surface area contributed by atoms with E-state index < -0.39 is 0 Å². The lowest BCUT2D eigenvalue weighted by Gasteiger charge is -2.26. The fourth-order valence-electron chi connectivity index (χ4n) is 3.19. The zero-order valence-electron chi connectivity index (χ0n) is 16.0. The number of morpholine rings is 1. The SMILES string of the molecule is COc1ccc(-c2nnc(SCCN3CCOCC3)n2-c2ccccc2)cc1. The molecule has 0 N–H and O–H groups in total. The fourth-order valence-corrected chi connectivity index (χ4v) is 4.14. The van der Waals surface area contributed by atoms with Crippen molar-refractivity contribution in [3.8, 4) is 22.8 Å². The van der Waals surface area contributed by atoms with E-state index in [2.05, 4.69) is 31.8 Å². The summed E-state index contributed by atoms with van der Waals surface area (Å²) in [5.41, 5.74) is 2.07. The topological polar surface area (TPSA) is 52.4 Å². The zero-order chi connectivity index (χ0) is 19.2. The first-order valence-corrected chi connectivity index (χ1v) is 10.4. The minimum absolute atomic E-state index is 0.826. The molecule has 2 heterocycles. The van der Waals surface area contributed by atoms with E-state index in [1.54, 1.807) is 18.9 Å². The van der Waals surface area contributed by atoms with E-state index in [1.807, 2.05) is 42.5 Å². The lowest BCUT2D eigenvalue weighted by Crippen LogP contribution is -2.37. The van der Waals surface area contributed by atoms with E-state index in [1.165, 1.54) is 0 Å². The molecular formula is C21H24N4O2S. The van der Waals surface area contributed by atoms with E-state index in [0.29, 0.717) is 0 Å². The smallest absolute Gasteiger partial charge is 0.196 e. The number of methoxy groups -OCH3 is 1. The van der Waals surface area contributed by atoms with Crippen molar-refractivity contribution < 1.29 is 9.47 Å². The van der Waals surface area contributed by atoms with Gasteiger partial charge in [0.1, 0.15) is 5.75 Å². The van der Waals surface area contributed by atoms with Gasteiger partial charge < -0.3 is 9.47 Å². The van der Waals surface area contributed by atoms with Gasteiger partial charge in [0.15, 0.2) is 11.0 Å². The van der Waals surface area contributed by atoms with Crippen molar-refractivity contribution in [1.82, 2.24) is 19.7 Å². The molecule has 0 unspecified atom stereocenters. The second-order valence-electron chi connectivity index (χ2n) is 6.51. The predicted octanol–water partition coefficient (Wildman–Crippen LogP) is 3.37. The summed E-state index contributed by atoms with van der Waals surface area (Å²) < 4.78 is 12.8. The molecule has 0 spiro atoms. The quantitative estimate of drug-likeness (QED) is 0.571. The summed E-state index contributed by atoms with van der Waals surface area (Å²) in [6, 6.07) is 18.2. The Morgan fingerprint density at radius 1 is 1.00 bits per heavy atom. The van der Waals surface area contributed by atoms with Crippen LogP contribution in [-0.2, 0) is 4.74 Å². The van der Waals surface area contributed by atoms with Crippen LogP contribution in [0.25, 0.3) is 17.1 Å². The Kier molecular flexibility index (Phi) is 6.26. The molecule has 1 fully saturated rings. The number of aromatic nitrogens is 3. The normalized spacial score (nSPS) is 14.9. The average Bonchev–Trinajstić information content (AvgIpc) is 3.19. The van der Waals surface area contributed by atoms with Crippen molar-refractivity contribution in [3.05, 3.63) is 54.6 Å². The summed E-state index contributed by atoms with van der Waals surface area (Å²) in [6.07, 6.45) is 0. The fraction of sp³-hybridized carbons (Fsp3) is 0.333. The number of rotatable bonds is 7. The Morgan fingerprint density at radius 3 is 2.46 bits per heavy atom. The van der Waals surface area contributed by atoms with Gasteiger partial charge in [-0.25, -0.2) is 0 Å². The third-order valence-corrected chi connectivity index (χ3v) is 5.65. The Labute approximate surface area is 169 Å². The molecule has 1 saturated heterocycles. The molecule has 4 rings (SSSR count). The predicted molar refractivity (Wildman–Crippen MR) is 111 cm³/mol. The van der Waals surface area contributed by atoms with Crippen LogP contribution in [0.4, 0.5) is 0 Å². The van der Waals surface area contributed by atoms with Crippen molar-refractivity contribution >= 4 is 11.8 Å². The molecule has 3 aromatic rings. The Bertz CT molecular complexity index is 877. The van der Waals surface area contributed by atoms with Crippen molar-refractivity contribution in [2.45, 2.75) is 5.16 Å². The van der Waals surface area contributed by atoms with Crippen LogP contribution in [0.15, 0.2) is 59.8 Å². The van der Waals surface area contributed by atoms with E-state index >= 15 is 0 Å². The minimum Gasteiger partial charge on any atom is -0.497 e. The maximum absolute atomic E-state index is 5.43. The largest absolute Gasteiger partial charge is 0.497 e. The molecule has 0 radical (unpaired) electrons. The third kappa shape index (κ3) is 4.38. The van der Waals surface area contributed by atoms with Crippen molar-refractivity contribution in [3.63, 3.8) is 0 Å². The molecular weight excluding hydrogens is 372 g/mol. The van der Waals surface area contributed by atoms with Gasteiger partial charge in [-0.1, -0.05) is 30.0 Å². The average molecular weight is 397 g/mol. The number of hydrogen-bond acceptors (Lipinski definition) is 6. The molecule has 0 amide bonds. The monoisotopic (exact) mass is 396 g/mol. The van der Waals surface area contributed by atoms with Crippen LogP contribution in [0.5, 0.6) is 5.75 Å². The van der Waals surface area contributed by atoms with Crippen LogP contribution in [-0.4, -0.2) is 65.4 Å². The summed E-state index contributed by atoms with van der Waals surface area (Å²) in [4.78, 5) is 2.43. The Hall–Kier alpha value is -2.35. The second kappa shape index (κ2) is 9.23. The van der Waals surface area contributed by atoms with E-state index in [9.17, 15) is 0 Å². The Morgan fingerprint density at radius 2 is 1.75 bits per heavy atom. The van der Waals surface area contributed by atoms with Crippen molar-refractivity contribution in [1.29, 1.82) is 0 Å². The van der Waals surface area contributed by atoms with Gasteiger partial charge in [-0.05, 0) is 36.4 Å². The molecule has 0 aliphatic carbocycles. The maximum Gasteiger partial charge on any atom is 0.196 e. The van der Waals surface area contributed by atoms with Crippen LogP contribution < -0.4 is 4.74 Å². The molecule has 1 aliphatic heterocycles. The molecule has 7 heteroatoms. The second-order valence-corrected chi connectivity index (χ2v) is 7.57. The number of para-hydroxylation sites is 1. The third-order valence-electron chi connectivity index (χ3n) is 4.74. The molecule has 146 valence electrons. The van der Waals surface area contributed by atoms with Crippen LogP contribution in [0.2, 0.25) is 0 Å². The highest BCUT2D eigenvalue weighted by Crippen LogP contribution is 2.29. The van der Waals surface area contributed by atoms with Gasteiger partial charge in [0.2, 0.25) is 0 Å². The van der Waals surface area contributed by atoms with E-state index in [4.69, 9.17) is 9.47 Å². The molecule has 6 nitrogen and oxygen atoms in total. The number of ether oxygens (including phenoxy) is 2. The van der Waals surface area contributed by atoms with Crippen LogP contribution >= 0.6 is 11.8 Å². The first-order valence-electron chi connectivity index (χ1n) is 9.43. The number of benzene rings is 2. The lowest BCUT2D eigenvalue weighted by atomic mass is 10.2. The van der Waals surface area contributed by atoms with Gasteiger partial charge in [0.25, 0.3) is 0 Å². The number of thioether (sulfide) groups is 1. The summed E-state index contributed by atoms with van der Waals surface area (Å²) >= 11 is 1.74. The number of hydrogen-bond donors (Lipinski definition) is 0. The molecule has 0 bridgehead atoms. The summed E-state index contributed by atoms with van der Waals surface area (Å²) in [5, 5.41) is 9.90. The van der Waals surface area contributed by atoms with Gasteiger partial charge in [-0.3, -0.25) is 9.47 Å². The minimum atomic E-state index is 0.826. The molecule has 0 atom stereocenters.